The lowest BCUT2D eigenvalue weighted by molar-refractivity contribution is -0.121. The third-order valence-corrected chi connectivity index (χ3v) is 3.26. The molecule has 1 fully saturated rings. The summed E-state index contributed by atoms with van der Waals surface area (Å²) < 4.78 is 0. The fourth-order valence-corrected chi connectivity index (χ4v) is 1.69. The number of rotatable bonds is 5. The van der Waals surface area contributed by atoms with Gasteiger partial charge in [-0.3, -0.25) is 4.79 Å². The van der Waals surface area contributed by atoms with Crippen molar-refractivity contribution in [3.63, 3.8) is 0 Å². The summed E-state index contributed by atoms with van der Waals surface area (Å²) in [7, 11) is 0. The third kappa shape index (κ3) is 4.65. The molecule has 15 heavy (non-hydrogen) atoms. The fourth-order valence-electron chi connectivity index (χ4n) is 1.69. The van der Waals surface area contributed by atoms with E-state index in [0.29, 0.717) is 17.8 Å². The number of nitrogens with one attached hydrogen (secondary N) is 1. The Morgan fingerprint density at radius 3 is 2.47 bits per heavy atom. The second-order valence-corrected chi connectivity index (χ2v) is 6.18. The molecule has 0 radical (unpaired) electrons. The predicted molar refractivity (Wildman–Crippen MR) is 62.4 cm³/mol. The van der Waals surface area contributed by atoms with Crippen LogP contribution in [0.3, 0.4) is 0 Å². The summed E-state index contributed by atoms with van der Waals surface area (Å²) in [6.45, 7) is 9.21. The molecule has 0 aliphatic heterocycles. The van der Waals surface area contributed by atoms with E-state index in [1.54, 1.807) is 0 Å². The molecule has 0 bridgehead atoms. The summed E-state index contributed by atoms with van der Waals surface area (Å²) in [5, 5.41) is 2.98. The van der Waals surface area contributed by atoms with Crippen LogP contribution in [-0.4, -0.2) is 18.0 Å². The van der Waals surface area contributed by atoms with Gasteiger partial charge in [0, 0.05) is 18.5 Å². The average molecular weight is 212 g/mol. The number of carbonyl (C=O) groups excluding carboxylic acids is 1. The minimum Gasteiger partial charge on any atom is -0.356 e. The second kappa shape index (κ2) is 4.12. The van der Waals surface area contributed by atoms with Crippen LogP contribution in [0.15, 0.2) is 0 Å². The Bertz CT molecular complexity index is 240. The molecule has 0 heterocycles. The highest BCUT2D eigenvalue weighted by atomic mass is 16.1. The zero-order chi connectivity index (χ0) is 11.7. The monoisotopic (exact) mass is 212 g/mol. The molecule has 1 atom stereocenters. The summed E-state index contributed by atoms with van der Waals surface area (Å²) in [5.41, 5.74) is 6.02. The largest absolute Gasteiger partial charge is 0.356 e. The number of amides is 1. The molecule has 0 aromatic carbocycles. The fraction of sp³-hybridized carbons (Fsp3) is 0.917. The van der Waals surface area contributed by atoms with Crippen LogP contribution in [0.25, 0.3) is 0 Å². The van der Waals surface area contributed by atoms with Crippen LogP contribution in [0.4, 0.5) is 0 Å². The minimum atomic E-state index is -0.240. The highest BCUT2D eigenvalue weighted by Gasteiger charge is 2.45. The molecule has 1 aliphatic carbocycles. The number of nitrogens with two attached hydrogens (primary N) is 1. The maximum Gasteiger partial charge on any atom is 0.220 e. The Balaban J connectivity index is 2.10. The van der Waals surface area contributed by atoms with Gasteiger partial charge in [-0.1, -0.05) is 13.8 Å². The summed E-state index contributed by atoms with van der Waals surface area (Å²) in [4.78, 5) is 11.5. The van der Waals surface area contributed by atoms with Crippen molar-refractivity contribution in [2.75, 3.05) is 6.54 Å². The maximum absolute atomic E-state index is 11.5. The van der Waals surface area contributed by atoms with E-state index in [-0.39, 0.29) is 11.4 Å². The summed E-state index contributed by atoms with van der Waals surface area (Å²) in [6.07, 6.45) is 2.51. The van der Waals surface area contributed by atoms with Gasteiger partial charge in [-0.05, 0) is 38.0 Å². The van der Waals surface area contributed by atoms with Gasteiger partial charge in [0.1, 0.15) is 0 Å². The van der Waals surface area contributed by atoms with Crippen LogP contribution in [-0.2, 0) is 4.79 Å². The summed E-state index contributed by atoms with van der Waals surface area (Å²) in [6, 6.07) is 0. The molecule has 0 aromatic heterocycles. The highest BCUT2D eigenvalue weighted by Crippen LogP contribution is 2.50. The van der Waals surface area contributed by atoms with Crippen LogP contribution in [0, 0.1) is 11.3 Å². The summed E-state index contributed by atoms with van der Waals surface area (Å²) >= 11 is 0. The zero-order valence-corrected chi connectivity index (χ0v) is 10.4. The standard InChI is InChI=1S/C12H24N2O/c1-11(2)7-9(11)8-14-10(15)5-6-12(3,4)13/h9H,5-8,13H2,1-4H3,(H,14,15). The van der Waals surface area contributed by atoms with Crippen molar-refractivity contribution in [1.29, 1.82) is 0 Å². The molecular weight excluding hydrogens is 188 g/mol. The smallest absolute Gasteiger partial charge is 0.220 e. The van der Waals surface area contributed by atoms with Crippen LogP contribution < -0.4 is 11.1 Å². The van der Waals surface area contributed by atoms with E-state index in [9.17, 15) is 4.79 Å². The van der Waals surface area contributed by atoms with E-state index in [0.717, 1.165) is 13.0 Å². The average Bonchev–Trinajstić information content (AvgIpc) is 2.66. The Labute approximate surface area is 92.8 Å². The first-order valence-electron chi connectivity index (χ1n) is 5.76. The number of hydrogen-bond acceptors (Lipinski definition) is 2. The second-order valence-electron chi connectivity index (χ2n) is 6.18. The zero-order valence-electron chi connectivity index (χ0n) is 10.4. The molecule has 0 spiro atoms. The highest BCUT2D eigenvalue weighted by molar-refractivity contribution is 5.75. The molecule has 3 N–H and O–H groups in total. The lowest BCUT2D eigenvalue weighted by Gasteiger charge is -2.17. The van der Waals surface area contributed by atoms with E-state index in [1.165, 1.54) is 6.42 Å². The number of hydrogen-bond donors (Lipinski definition) is 2. The normalized spacial score (nSPS) is 23.7. The molecular formula is C12H24N2O. The molecule has 0 saturated heterocycles. The number of carbonyl (C=O) groups is 1. The van der Waals surface area contributed by atoms with Crippen molar-refractivity contribution >= 4 is 5.91 Å². The van der Waals surface area contributed by atoms with Crippen LogP contribution >= 0.6 is 0 Å². The van der Waals surface area contributed by atoms with Crippen molar-refractivity contribution in [2.24, 2.45) is 17.1 Å². The first-order chi connectivity index (χ1) is 6.71. The van der Waals surface area contributed by atoms with E-state index >= 15 is 0 Å². The van der Waals surface area contributed by atoms with Gasteiger partial charge in [-0.15, -0.1) is 0 Å². The van der Waals surface area contributed by atoms with Crippen molar-refractivity contribution in [3.05, 3.63) is 0 Å². The molecule has 1 unspecified atom stereocenters. The van der Waals surface area contributed by atoms with E-state index in [4.69, 9.17) is 5.73 Å². The van der Waals surface area contributed by atoms with Gasteiger partial charge in [0.2, 0.25) is 5.91 Å². The Morgan fingerprint density at radius 2 is 2.07 bits per heavy atom. The molecule has 0 aromatic rings. The molecule has 1 amide bonds. The lowest BCUT2D eigenvalue weighted by Crippen LogP contribution is -2.35. The molecule has 3 heteroatoms. The minimum absolute atomic E-state index is 0.135. The van der Waals surface area contributed by atoms with Gasteiger partial charge in [0.25, 0.3) is 0 Å². The summed E-state index contributed by atoms with van der Waals surface area (Å²) in [5.74, 6) is 0.809. The van der Waals surface area contributed by atoms with Gasteiger partial charge in [0.05, 0.1) is 0 Å². The first kappa shape index (κ1) is 12.5. The maximum atomic E-state index is 11.5. The van der Waals surface area contributed by atoms with E-state index in [1.807, 2.05) is 13.8 Å². The SMILES string of the molecule is CC(C)(N)CCC(=O)NCC1CC1(C)C. The molecule has 1 saturated carbocycles. The molecule has 88 valence electrons. The van der Waals surface area contributed by atoms with Crippen molar-refractivity contribution in [1.82, 2.24) is 5.32 Å². The first-order valence-corrected chi connectivity index (χ1v) is 5.76. The van der Waals surface area contributed by atoms with Crippen molar-refractivity contribution in [3.8, 4) is 0 Å². The van der Waals surface area contributed by atoms with Crippen molar-refractivity contribution in [2.45, 2.75) is 52.5 Å². The van der Waals surface area contributed by atoms with E-state index < -0.39 is 0 Å². The van der Waals surface area contributed by atoms with Gasteiger partial charge in [-0.2, -0.15) is 0 Å². The van der Waals surface area contributed by atoms with Gasteiger partial charge < -0.3 is 11.1 Å². The molecule has 1 rings (SSSR count). The quantitative estimate of drug-likeness (QED) is 0.728. The predicted octanol–water partition coefficient (Wildman–Crippen LogP) is 1.67. The lowest BCUT2D eigenvalue weighted by atomic mass is 10.00. The third-order valence-electron chi connectivity index (χ3n) is 3.26. The topological polar surface area (TPSA) is 55.1 Å². The molecule has 1 aliphatic rings. The Hall–Kier alpha value is -0.570. The molecule has 3 nitrogen and oxygen atoms in total. The van der Waals surface area contributed by atoms with Crippen molar-refractivity contribution < 1.29 is 4.79 Å². The van der Waals surface area contributed by atoms with Crippen LogP contribution in [0.1, 0.15) is 47.0 Å². The van der Waals surface area contributed by atoms with Gasteiger partial charge >= 0.3 is 0 Å². The Morgan fingerprint density at radius 1 is 1.53 bits per heavy atom. The Kier molecular flexibility index (Phi) is 3.44. The van der Waals surface area contributed by atoms with E-state index in [2.05, 4.69) is 19.2 Å². The van der Waals surface area contributed by atoms with Gasteiger partial charge in [0.15, 0.2) is 0 Å². The van der Waals surface area contributed by atoms with Crippen LogP contribution in [0.2, 0.25) is 0 Å². The van der Waals surface area contributed by atoms with Crippen LogP contribution in [0.5, 0.6) is 0 Å². The van der Waals surface area contributed by atoms with Gasteiger partial charge in [-0.25, -0.2) is 0 Å².